The van der Waals surface area contributed by atoms with Gasteiger partial charge < -0.3 is 10.1 Å². The minimum Gasteiger partial charge on any atom is -0.495 e. The van der Waals surface area contributed by atoms with E-state index in [9.17, 15) is 4.79 Å². The lowest BCUT2D eigenvalue weighted by Crippen LogP contribution is -2.25. The Balaban J connectivity index is 1.48. The molecule has 2 aromatic rings. The maximum Gasteiger partial charge on any atom is 0.234 e. The van der Waals surface area contributed by atoms with Crippen molar-refractivity contribution in [3.63, 3.8) is 0 Å². The van der Waals surface area contributed by atoms with Crippen LogP contribution in [0.1, 0.15) is 37.0 Å². The maximum atomic E-state index is 12.6. The molecule has 0 atom stereocenters. The molecule has 5 nitrogen and oxygen atoms in total. The summed E-state index contributed by atoms with van der Waals surface area (Å²) in [6, 6.07) is 9.24. The number of ether oxygens (including phenoxy) is 1. The first kappa shape index (κ1) is 20.4. The SMILES string of the molecule is COc1ccc(Cl)cc1NC(=O)CSC1=NC2(CCCCC2)N=C1c1cccs1. The quantitative estimate of drug-likeness (QED) is 0.644. The van der Waals surface area contributed by atoms with Crippen molar-refractivity contribution in [3.8, 4) is 5.75 Å². The molecule has 2 heterocycles. The number of hydrogen-bond acceptors (Lipinski definition) is 6. The summed E-state index contributed by atoms with van der Waals surface area (Å²) >= 11 is 9.15. The molecule has 0 unspecified atom stereocenters. The molecular formula is C21H22ClN3O2S2. The zero-order chi connectivity index (χ0) is 20.3. The number of halogens is 1. The van der Waals surface area contributed by atoms with Crippen molar-refractivity contribution < 1.29 is 9.53 Å². The monoisotopic (exact) mass is 447 g/mol. The third kappa shape index (κ3) is 4.68. The molecular weight excluding hydrogens is 426 g/mol. The van der Waals surface area contributed by atoms with Crippen LogP contribution >= 0.6 is 34.7 Å². The number of thioether (sulfide) groups is 1. The second kappa shape index (κ2) is 8.90. The molecule has 1 saturated carbocycles. The van der Waals surface area contributed by atoms with E-state index in [0.717, 1.165) is 41.3 Å². The van der Waals surface area contributed by atoms with Crippen molar-refractivity contribution in [2.75, 3.05) is 18.2 Å². The molecule has 2 aliphatic rings. The van der Waals surface area contributed by atoms with Crippen LogP contribution in [0.2, 0.25) is 5.02 Å². The first-order valence-electron chi connectivity index (χ1n) is 9.59. The van der Waals surface area contributed by atoms with E-state index >= 15 is 0 Å². The predicted octanol–water partition coefficient (Wildman–Crippen LogP) is 5.64. The van der Waals surface area contributed by atoms with Crippen LogP contribution in [0.4, 0.5) is 5.69 Å². The van der Waals surface area contributed by atoms with E-state index in [4.69, 9.17) is 26.3 Å². The lowest BCUT2D eigenvalue weighted by atomic mass is 9.90. The molecule has 1 aliphatic carbocycles. The fourth-order valence-electron chi connectivity index (χ4n) is 3.64. The largest absolute Gasteiger partial charge is 0.495 e. The standard InChI is InChI=1S/C21H22ClN3O2S2/c1-27-16-8-7-14(22)12-15(16)23-18(26)13-29-20-19(17-6-5-11-28-17)24-21(25-20)9-3-2-4-10-21/h5-8,11-12H,2-4,9-10,13H2,1H3,(H,23,26). The van der Waals surface area contributed by atoms with Gasteiger partial charge in [0.15, 0.2) is 5.66 Å². The molecule has 1 amide bonds. The number of thiophene rings is 1. The van der Waals surface area contributed by atoms with E-state index in [1.54, 1.807) is 36.6 Å². The van der Waals surface area contributed by atoms with Gasteiger partial charge in [-0.3, -0.25) is 9.79 Å². The minimum atomic E-state index is -0.327. The zero-order valence-electron chi connectivity index (χ0n) is 16.1. The predicted molar refractivity (Wildman–Crippen MR) is 123 cm³/mol. The molecule has 1 aromatic carbocycles. The lowest BCUT2D eigenvalue weighted by molar-refractivity contribution is -0.113. The van der Waals surface area contributed by atoms with Crippen LogP contribution in [0.25, 0.3) is 0 Å². The number of amides is 1. The molecule has 0 radical (unpaired) electrons. The molecule has 1 aliphatic heterocycles. The van der Waals surface area contributed by atoms with Crippen LogP contribution in [0.3, 0.4) is 0 Å². The number of anilines is 1. The van der Waals surface area contributed by atoms with Crippen molar-refractivity contribution in [3.05, 3.63) is 45.6 Å². The number of methoxy groups -OCH3 is 1. The molecule has 152 valence electrons. The summed E-state index contributed by atoms with van der Waals surface area (Å²) in [6.45, 7) is 0. The summed E-state index contributed by atoms with van der Waals surface area (Å²) in [5.41, 5.74) is 1.17. The van der Waals surface area contributed by atoms with Gasteiger partial charge in [-0.05, 0) is 55.3 Å². The van der Waals surface area contributed by atoms with Gasteiger partial charge in [-0.15, -0.1) is 11.3 Å². The van der Waals surface area contributed by atoms with Gasteiger partial charge in [0, 0.05) is 5.02 Å². The number of benzene rings is 1. The molecule has 4 rings (SSSR count). The van der Waals surface area contributed by atoms with Gasteiger partial charge in [-0.2, -0.15) is 0 Å². The topological polar surface area (TPSA) is 63.0 Å². The Hall–Kier alpha value is -1.83. The van der Waals surface area contributed by atoms with Crippen LogP contribution in [-0.2, 0) is 4.79 Å². The van der Waals surface area contributed by atoms with Crippen molar-refractivity contribution >= 4 is 57.0 Å². The van der Waals surface area contributed by atoms with Crippen LogP contribution in [0, 0.1) is 0 Å². The highest BCUT2D eigenvalue weighted by Gasteiger charge is 2.38. The van der Waals surface area contributed by atoms with Crippen LogP contribution < -0.4 is 10.1 Å². The number of carbonyl (C=O) groups excluding carboxylic acids is 1. The van der Waals surface area contributed by atoms with Crippen LogP contribution in [0.5, 0.6) is 5.75 Å². The highest BCUT2D eigenvalue weighted by Crippen LogP contribution is 2.39. The van der Waals surface area contributed by atoms with Crippen molar-refractivity contribution in [1.29, 1.82) is 0 Å². The van der Waals surface area contributed by atoms with Gasteiger partial charge in [-0.25, -0.2) is 4.99 Å². The number of carbonyl (C=O) groups is 1. The summed E-state index contributed by atoms with van der Waals surface area (Å²) in [6.07, 6.45) is 5.51. The summed E-state index contributed by atoms with van der Waals surface area (Å²) in [5.74, 6) is 0.691. The second-order valence-electron chi connectivity index (χ2n) is 7.08. The van der Waals surface area contributed by atoms with E-state index in [1.165, 1.54) is 18.2 Å². The van der Waals surface area contributed by atoms with Crippen molar-refractivity contribution in [1.82, 2.24) is 0 Å². The number of nitrogens with one attached hydrogen (secondary N) is 1. The van der Waals surface area contributed by atoms with Gasteiger partial charge in [0.1, 0.15) is 16.5 Å². The highest BCUT2D eigenvalue weighted by atomic mass is 35.5. The fraction of sp³-hybridized carbons (Fsp3) is 0.381. The molecule has 0 bridgehead atoms. The Morgan fingerprint density at radius 3 is 2.83 bits per heavy atom. The highest BCUT2D eigenvalue weighted by molar-refractivity contribution is 8.16. The van der Waals surface area contributed by atoms with Crippen molar-refractivity contribution in [2.24, 2.45) is 9.98 Å². The second-order valence-corrected chi connectivity index (χ2v) is 9.43. The molecule has 1 fully saturated rings. The molecule has 0 saturated heterocycles. The first-order chi connectivity index (χ1) is 14.1. The Morgan fingerprint density at radius 1 is 1.28 bits per heavy atom. The molecule has 1 aromatic heterocycles. The fourth-order valence-corrected chi connectivity index (χ4v) is 5.46. The van der Waals surface area contributed by atoms with Gasteiger partial charge in [-0.1, -0.05) is 35.9 Å². The summed E-state index contributed by atoms with van der Waals surface area (Å²) in [4.78, 5) is 23.7. The van der Waals surface area contributed by atoms with Gasteiger partial charge >= 0.3 is 0 Å². The Labute approximate surface area is 183 Å². The molecule has 8 heteroatoms. The summed E-state index contributed by atoms with van der Waals surface area (Å²) in [7, 11) is 1.56. The van der Waals surface area contributed by atoms with E-state index in [0.29, 0.717) is 16.5 Å². The third-order valence-electron chi connectivity index (χ3n) is 5.02. The number of aliphatic imine (C=N–C) groups is 2. The number of rotatable bonds is 5. The Morgan fingerprint density at radius 2 is 2.10 bits per heavy atom. The van der Waals surface area contributed by atoms with Gasteiger partial charge in [0.05, 0.1) is 23.4 Å². The van der Waals surface area contributed by atoms with Crippen LogP contribution in [-0.4, -0.2) is 35.2 Å². The normalized spacial score (nSPS) is 17.7. The van der Waals surface area contributed by atoms with E-state index in [2.05, 4.69) is 11.4 Å². The van der Waals surface area contributed by atoms with E-state index in [-0.39, 0.29) is 17.3 Å². The third-order valence-corrected chi connectivity index (χ3v) is 7.09. The van der Waals surface area contributed by atoms with Gasteiger partial charge in [0.25, 0.3) is 0 Å². The summed E-state index contributed by atoms with van der Waals surface area (Å²) in [5, 5.41) is 6.34. The van der Waals surface area contributed by atoms with Gasteiger partial charge in [0.2, 0.25) is 5.91 Å². The molecule has 1 spiro atoms. The number of nitrogens with zero attached hydrogens (tertiary/aromatic N) is 2. The average molecular weight is 448 g/mol. The maximum absolute atomic E-state index is 12.6. The Bertz CT molecular complexity index is 951. The van der Waals surface area contributed by atoms with E-state index < -0.39 is 0 Å². The minimum absolute atomic E-state index is 0.131. The van der Waals surface area contributed by atoms with E-state index in [1.807, 2.05) is 11.4 Å². The number of hydrogen-bond donors (Lipinski definition) is 1. The smallest absolute Gasteiger partial charge is 0.234 e. The molecule has 1 N–H and O–H groups in total. The van der Waals surface area contributed by atoms with Crippen LogP contribution in [0.15, 0.2) is 45.7 Å². The first-order valence-corrected chi connectivity index (χ1v) is 11.8. The average Bonchev–Trinajstić information content (AvgIpc) is 3.36. The van der Waals surface area contributed by atoms with Crippen molar-refractivity contribution in [2.45, 2.75) is 37.8 Å². The Kier molecular flexibility index (Phi) is 6.27. The molecule has 29 heavy (non-hydrogen) atoms. The zero-order valence-corrected chi connectivity index (χ0v) is 18.5. The lowest BCUT2D eigenvalue weighted by Gasteiger charge is -2.27. The summed E-state index contributed by atoms with van der Waals surface area (Å²) < 4.78 is 5.30.